The smallest absolute Gasteiger partial charge is 0.0925 e. The molecule has 3 atom stereocenters. The van der Waals surface area contributed by atoms with Crippen LogP contribution in [0, 0.1) is 19.8 Å². The molecule has 0 spiro atoms. The van der Waals surface area contributed by atoms with Gasteiger partial charge in [0.05, 0.1) is 24.1 Å². The zero-order valence-corrected chi connectivity index (χ0v) is 13.1. The predicted octanol–water partition coefficient (Wildman–Crippen LogP) is 1.68. The highest BCUT2D eigenvalue weighted by molar-refractivity contribution is 5.35. The van der Waals surface area contributed by atoms with E-state index in [1.807, 2.05) is 6.33 Å². The van der Waals surface area contributed by atoms with Gasteiger partial charge in [-0.15, -0.1) is 0 Å². The highest BCUT2D eigenvalue weighted by Gasteiger charge is 2.39. The van der Waals surface area contributed by atoms with Crippen LogP contribution in [0.15, 0.2) is 24.5 Å². The molecule has 3 unspecified atom stereocenters. The Morgan fingerprint density at radius 2 is 2.09 bits per heavy atom. The number of aromatic nitrogens is 2. The van der Waals surface area contributed by atoms with Gasteiger partial charge in [-0.25, -0.2) is 10.4 Å². The number of benzene rings is 1. The van der Waals surface area contributed by atoms with Crippen LogP contribution in [0.3, 0.4) is 0 Å². The van der Waals surface area contributed by atoms with E-state index in [2.05, 4.69) is 58.2 Å². The Balaban J connectivity index is 1.69. The number of hydrogen-bond donors (Lipinski definition) is 4. The van der Waals surface area contributed by atoms with Crippen LogP contribution >= 0.6 is 0 Å². The molecule has 3 heterocycles. The van der Waals surface area contributed by atoms with Crippen LogP contribution in [0.5, 0.6) is 0 Å². The molecule has 0 amide bonds. The molecule has 4 N–H and O–H groups in total. The van der Waals surface area contributed by atoms with Crippen LogP contribution in [-0.2, 0) is 6.42 Å². The molecular weight excluding hydrogens is 274 g/mol. The third-order valence-corrected chi connectivity index (χ3v) is 5.01. The second kappa shape index (κ2) is 5.50. The van der Waals surface area contributed by atoms with Crippen molar-refractivity contribution in [3.8, 4) is 0 Å². The van der Waals surface area contributed by atoms with Gasteiger partial charge in [-0.05, 0) is 25.0 Å². The van der Waals surface area contributed by atoms with Crippen LogP contribution in [-0.4, -0.2) is 23.1 Å². The Kier molecular flexibility index (Phi) is 3.48. The van der Waals surface area contributed by atoms with Gasteiger partial charge in [0, 0.05) is 31.1 Å². The van der Waals surface area contributed by atoms with E-state index < -0.39 is 0 Å². The lowest BCUT2D eigenvalue weighted by Gasteiger charge is -2.31. The molecule has 0 aliphatic carbocycles. The first-order valence-corrected chi connectivity index (χ1v) is 8.05. The molecule has 0 bridgehead atoms. The van der Waals surface area contributed by atoms with E-state index in [1.165, 1.54) is 28.1 Å². The van der Waals surface area contributed by atoms with Crippen LogP contribution < -0.4 is 16.2 Å². The highest BCUT2D eigenvalue weighted by Crippen LogP contribution is 2.37. The first-order chi connectivity index (χ1) is 10.7. The topological polar surface area (TPSA) is 64.8 Å². The number of H-pyrrole nitrogens is 1. The van der Waals surface area contributed by atoms with Gasteiger partial charge >= 0.3 is 0 Å². The Hall–Kier alpha value is -1.69. The Bertz CT molecular complexity index is 677. The maximum atomic E-state index is 4.58. The largest absolute Gasteiger partial charge is 0.348 e. The molecule has 116 valence electrons. The molecule has 1 fully saturated rings. The molecule has 2 aliphatic heterocycles. The van der Waals surface area contributed by atoms with E-state index in [0.717, 1.165) is 19.5 Å². The number of imidazole rings is 1. The minimum atomic E-state index is 0.294. The molecule has 1 aromatic carbocycles. The second-order valence-corrected chi connectivity index (χ2v) is 6.47. The predicted molar refractivity (Wildman–Crippen MR) is 86.3 cm³/mol. The minimum Gasteiger partial charge on any atom is -0.348 e. The number of hydrogen-bond acceptors (Lipinski definition) is 4. The second-order valence-electron chi connectivity index (χ2n) is 6.47. The zero-order chi connectivity index (χ0) is 15.1. The third kappa shape index (κ3) is 2.26. The monoisotopic (exact) mass is 297 g/mol. The van der Waals surface area contributed by atoms with E-state index in [0.29, 0.717) is 18.0 Å². The molecule has 2 aliphatic rings. The molecule has 2 aromatic rings. The number of rotatable bonds is 2. The standard InChI is InChI=1S/C17H23N5/c1-10-3-4-11(2)12(7-10)15-13(8-21-22-15)16-17-14(5-6-18-16)19-9-20-17/h3-4,7,9,13,15-16,18,21-22H,5-6,8H2,1-2H3,(H,19,20). The highest BCUT2D eigenvalue weighted by atomic mass is 15.4. The fourth-order valence-electron chi connectivity index (χ4n) is 3.83. The first-order valence-electron chi connectivity index (χ1n) is 8.05. The third-order valence-electron chi connectivity index (χ3n) is 5.01. The summed E-state index contributed by atoms with van der Waals surface area (Å²) in [7, 11) is 0. The van der Waals surface area contributed by atoms with E-state index in [4.69, 9.17) is 0 Å². The first kappa shape index (κ1) is 13.9. The summed E-state index contributed by atoms with van der Waals surface area (Å²) < 4.78 is 0. The lowest BCUT2D eigenvalue weighted by molar-refractivity contribution is 0.325. The lowest BCUT2D eigenvalue weighted by atomic mass is 9.83. The summed E-state index contributed by atoms with van der Waals surface area (Å²) in [5, 5.41) is 3.67. The van der Waals surface area contributed by atoms with Crippen molar-refractivity contribution in [1.82, 2.24) is 26.1 Å². The number of hydrazine groups is 1. The van der Waals surface area contributed by atoms with Gasteiger partial charge in [-0.1, -0.05) is 23.8 Å². The van der Waals surface area contributed by atoms with E-state index in [-0.39, 0.29) is 0 Å². The van der Waals surface area contributed by atoms with Gasteiger partial charge in [0.15, 0.2) is 0 Å². The zero-order valence-electron chi connectivity index (χ0n) is 13.1. The fourth-order valence-corrected chi connectivity index (χ4v) is 3.83. The number of fused-ring (bicyclic) bond motifs is 1. The van der Waals surface area contributed by atoms with Crippen molar-refractivity contribution in [2.24, 2.45) is 5.92 Å². The van der Waals surface area contributed by atoms with E-state index in [9.17, 15) is 0 Å². The maximum Gasteiger partial charge on any atom is 0.0925 e. The van der Waals surface area contributed by atoms with Crippen molar-refractivity contribution in [3.05, 3.63) is 52.6 Å². The Labute approximate surface area is 130 Å². The summed E-state index contributed by atoms with van der Waals surface area (Å²) in [6, 6.07) is 7.31. The lowest BCUT2D eigenvalue weighted by Crippen LogP contribution is -2.38. The van der Waals surface area contributed by atoms with E-state index in [1.54, 1.807) is 0 Å². The molecule has 1 saturated heterocycles. The van der Waals surface area contributed by atoms with Crippen molar-refractivity contribution in [3.63, 3.8) is 0 Å². The molecular formula is C17H23N5. The summed E-state index contributed by atoms with van der Waals surface area (Å²) in [4.78, 5) is 7.87. The van der Waals surface area contributed by atoms with Gasteiger partial charge < -0.3 is 10.3 Å². The average Bonchev–Trinajstić information content (AvgIpc) is 3.17. The Morgan fingerprint density at radius 1 is 1.18 bits per heavy atom. The van der Waals surface area contributed by atoms with Gasteiger partial charge in [-0.2, -0.15) is 0 Å². The molecule has 1 aromatic heterocycles. The van der Waals surface area contributed by atoms with Gasteiger partial charge in [-0.3, -0.25) is 5.43 Å². The van der Waals surface area contributed by atoms with E-state index >= 15 is 0 Å². The summed E-state index contributed by atoms with van der Waals surface area (Å²) in [6.45, 7) is 6.31. The quantitative estimate of drug-likeness (QED) is 0.681. The van der Waals surface area contributed by atoms with Crippen LogP contribution in [0.1, 0.15) is 40.2 Å². The van der Waals surface area contributed by atoms with Crippen molar-refractivity contribution < 1.29 is 0 Å². The van der Waals surface area contributed by atoms with Crippen molar-refractivity contribution in [2.45, 2.75) is 32.4 Å². The molecule has 5 nitrogen and oxygen atoms in total. The number of nitrogens with one attached hydrogen (secondary N) is 4. The Morgan fingerprint density at radius 3 is 3.00 bits per heavy atom. The normalized spacial score (nSPS) is 27.8. The van der Waals surface area contributed by atoms with Crippen molar-refractivity contribution >= 4 is 0 Å². The van der Waals surface area contributed by atoms with Gasteiger partial charge in [0.1, 0.15) is 0 Å². The molecule has 0 radical (unpaired) electrons. The molecule has 5 heteroatoms. The van der Waals surface area contributed by atoms with Crippen LogP contribution in [0.4, 0.5) is 0 Å². The van der Waals surface area contributed by atoms with Gasteiger partial charge in [0.2, 0.25) is 0 Å². The number of nitrogens with zero attached hydrogens (tertiary/aromatic N) is 1. The minimum absolute atomic E-state index is 0.294. The molecule has 4 rings (SSSR count). The summed E-state index contributed by atoms with van der Waals surface area (Å²) in [5.74, 6) is 0.447. The molecule has 0 saturated carbocycles. The fraction of sp³-hybridized carbons (Fsp3) is 0.471. The van der Waals surface area contributed by atoms with Crippen LogP contribution in [0.2, 0.25) is 0 Å². The van der Waals surface area contributed by atoms with Gasteiger partial charge in [0.25, 0.3) is 0 Å². The average molecular weight is 297 g/mol. The van der Waals surface area contributed by atoms with Crippen molar-refractivity contribution in [1.29, 1.82) is 0 Å². The SMILES string of the molecule is Cc1ccc(C)c(C2NNCC2C2NCCc3[nH]cnc32)c1. The number of aromatic amines is 1. The summed E-state index contributed by atoms with van der Waals surface area (Å²) in [6.07, 6.45) is 2.86. The molecule has 22 heavy (non-hydrogen) atoms. The van der Waals surface area contributed by atoms with Crippen LogP contribution in [0.25, 0.3) is 0 Å². The summed E-state index contributed by atoms with van der Waals surface area (Å²) >= 11 is 0. The summed E-state index contributed by atoms with van der Waals surface area (Å²) in [5.41, 5.74) is 13.4. The van der Waals surface area contributed by atoms with Crippen molar-refractivity contribution in [2.75, 3.05) is 13.1 Å². The number of aryl methyl sites for hydroxylation is 2. The maximum absolute atomic E-state index is 4.58.